The first kappa shape index (κ1) is 19.6. The van der Waals surface area contributed by atoms with Crippen molar-refractivity contribution in [1.29, 1.82) is 0 Å². The lowest BCUT2D eigenvalue weighted by Crippen LogP contribution is -3.00. The van der Waals surface area contributed by atoms with E-state index in [0.717, 1.165) is 33.6 Å². The van der Waals surface area contributed by atoms with E-state index in [-0.39, 0.29) is 24.0 Å². The molecule has 3 heterocycles. The van der Waals surface area contributed by atoms with Gasteiger partial charge in [-0.05, 0) is 17.7 Å². The van der Waals surface area contributed by atoms with Crippen LogP contribution in [0, 0.1) is 0 Å². The molecular weight excluding hydrogens is 475 g/mol. The minimum Gasteiger partial charge on any atom is -1.00 e. The van der Waals surface area contributed by atoms with E-state index in [9.17, 15) is 0 Å². The fraction of sp³-hybridized carbons (Fsp3) is 0.222. The van der Waals surface area contributed by atoms with Crippen LogP contribution in [-0.2, 0) is 19.8 Å². The molecular formula is C18H19IN6OS. The average molecular weight is 494 g/mol. The Morgan fingerprint density at radius 1 is 1.19 bits per heavy atom. The monoisotopic (exact) mass is 494 g/mol. The van der Waals surface area contributed by atoms with E-state index in [4.69, 9.17) is 9.72 Å². The van der Waals surface area contributed by atoms with Crippen molar-refractivity contribution >= 4 is 22.9 Å². The van der Waals surface area contributed by atoms with Gasteiger partial charge in [0.2, 0.25) is 6.33 Å². The zero-order valence-electron chi connectivity index (χ0n) is 15.2. The Balaban J connectivity index is 0.00000210. The van der Waals surface area contributed by atoms with Crippen LogP contribution >= 0.6 is 11.8 Å². The Kier molecular flexibility index (Phi) is 6.00. The Bertz CT molecular complexity index is 1060. The van der Waals surface area contributed by atoms with Gasteiger partial charge in [-0.15, -0.1) is 0 Å². The van der Waals surface area contributed by atoms with Crippen LogP contribution in [0.2, 0.25) is 0 Å². The lowest BCUT2D eigenvalue weighted by molar-refractivity contribution is -0.670. The molecule has 0 radical (unpaired) electrons. The summed E-state index contributed by atoms with van der Waals surface area (Å²) >= 11 is 1.61. The van der Waals surface area contributed by atoms with Gasteiger partial charge in [0.1, 0.15) is 18.1 Å². The molecule has 0 fully saturated rings. The van der Waals surface area contributed by atoms with Crippen LogP contribution in [0.25, 0.3) is 17.0 Å². The molecule has 4 aromatic rings. The molecule has 0 aliphatic rings. The standard InChI is InChI=1S/C18H19N6OS.HI/c1-22-8-9-24(12-22)17-15-16(23(2)11-19-15)20-18(21-17)26-10-13-4-6-14(25-3)7-5-13;/h4-9,11-12H,10H2,1-3H3;1H/q+1;/p-1. The third-order valence-electron chi connectivity index (χ3n) is 4.06. The van der Waals surface area contributed by atoms with E-state index in [0.29, 0.717) is 0 Å². The molecule has 140 valence electrons. The van der Waals surface area contributed by atoms with E-state index in [1.165, 1.54) is 5.56 Å². The van der Waals surface area contributed by atoms with Gasteiger partial charge in [-0.3, -0.25) is 0 Å². The molecule has 0 saturated heterocycles. The van der Waals surface area contributed by atoms with Gasteiger partial charge in [-0.25, -0.2) is 14.5 Å². The smallest absolute Gasteiger partial charge is 0.258 e. The van der Waals surface area contributed by atoms with E-state index in [2.05, 4.69) is 22.1 Å². The van der Waals surface area contributed by atoms with Crippen molar-refractivity contribution in [3.8, 4) is 11.6 Å². The number of methoxy groups -OCH3 is 1. The minimum absolute atomic E-state index is 0. The molecule has 0 atom stereocenters. The highest BCUT2D eigenvalue weighted by Crippen LogP contribution is 2.25. The quantitative estimate of drug-likeness (QED) is 0.159. The second-order valence-electron chi connectivity index (χ2n) is 5.98. The first-order valence-corrected chi connectivity index (χ1v) is 9.11. The van der Waals surface area contributed by atoms with Crippen LogP contribution < -0.4 is 33.3 Å². The van der Waals surface area contributed by atoms with Crippen molar-refractivity contribution in [2.24, 2.45) is 14.1 Å². The number of halogens is 1. The van der Waals surface area contributed by atoms with Gasteiger partial charge >= 0.3 is 0 Å². The molecule has 3 aromatic heterocycles. The molecule has 7 nitrogen and oxygen atoms in total. The molecule has 0 N–H and O–H groups in total. The maximum Gasteiger partial charge on any atom is 0.258 e. The van der Waals surface area contributed by atoms with Crippen LogP contribution in [0.3, 0.4) is 0 Å². The summed E-state index contributed by atoms with van der Waals surface area (Å²) in [7, 11) is 5.59. The molecule has 4 rings (SSSR count). The molecule has 1 aromatic carbocycles. The Hall–Kier alpha value is -2.14. The van der Waals surface area contributed by atoms with E-state index >= 15 is 0 Å². The van der Waals surface area contributed by atoms with Gasteiger partial charge in [0.25, 0.3) is 5.82 Å². The van der Waals surface area contributed by atoms with Gasteiger partial charge < -0.3 is 33.3 Å². The van der Waals surface area contributed by atoms with E-state index in [1.54, 1.807) is 25.2 Å². The number of nitrogens with zero attached hydrogens (tertiary/aromatic N) is 6. The van der Waals surface area contributed by atoms with Gasteiger partial charge in [0.05, 0.1) is 20.5 Å². The fourth-order valence-corrected chi connectivity index (χ4v) is 3.45. The predicted octanol–water partition coefficient (Wildman–Crippen LogP) is -0.717. The van der Waals surface area contributed by atoms with E-state index < -0.39 is 0 Å². The molecule has 0 bridgehead atoms. The zero-order chi connectivity index (χ0) is 18.1. The number of fused-ring (bicyclic) bond motifs is 1. The number of rotatable bonds is 5. The summed E-state index contributed by atoms with van der Waals surface area (Å²) in [4.78, 5) is 13.9. The summed E-state index contributed by atoms with van der Waals surface area (Å²) in [6, 6.07) is 8.04. The SMILES string of the molecule is COc1ccc(CSc2nc(-n3cc[n+](C)c3)c3ncn(C)c3n2)cc1.[I-]. The highest BCUT2D eigenvalue weighted by molar-refractivity contribution is 7.98. The molecule has 0 aliphatic carbocycles. The number of hydrogen-bond acceptors (Lipinski definition) is 5. The predicted molar refractivity (Wildman–Crippen MR) is 99.4 cm³/mol. The molecule has 27 heavy (non-hydrogen) atoms. The molecule has 0 unspecified atom stereocenters. The number of imidazole rings is 2. The Morgan fingerprint density at radius 3 is 2.63 bits per heavy atom. The Morgan fingerprint density at radius 2 is 1.96 bits per heavy atom. The number of thioether (sulfide) groups is 1. The Labute approximate surface area is 178 Å². The third kappa shape index (κ3) is 4.08. The van der Waals surface area contributed by atoms with Crippen molar-refractivity contribution in [2.75, 3.05) is 7.11 Å². The number of benzene rings is 1. The first-order chi connectivity index (χ1) is 12.6. The van der Waals surface area contributed by atoms with Gasteiger partial charge in [-0.2, -0.15) is 9.55 Å². The second kappa shape index (κ2) is 8.26. The average Bonchev–Trinajstić information content (AvgIpc) is 3.26. The molecule has 9 heteroatoms. The topological polar surface area (TPSA) is 61.6 Å². The molecule has 0 saturated carbocycles. The lowest BCUT2D eigenvalue weighted by Gasteiger charge is -2.05. The van der Waals surface area contributed by atoms with Crippen molar-refractivity contribution in [3.63, 3.8) is 0 Å². The van der Waals surface area contributed by atoms with E-state index in [1.807, 2.05) is 58.7 Å². The molecule has 0 aliphatic heterocycles. The summed E-state index contributed by atoms with van der Waals surface area (Å²) < 4.78 is 11.1. The van der Waals surface area contributed by atoms with Gasteiger partial charge in [0.15, 0.2) is 16.3 Å². The summed E-state index contributed by atoms with van der Waals surface area (Å²) in [5.41, 5.74) is 2.81. The fourth-order valence-electron chi connectivity index (χ4n) is 2.66. The summed E-state index contributed by atoms with van der Waals surface area (Å²) in [5, 5.41) is 0.725. The maximum atomic E-state index is 5.21. The largest absolute Gasteiger partial charge is 1.00 e. The summed E-state index contributed by atoms with van der Waals surface area (Å²) in [6.45, 7) is 0. The third-order valence-corrected chi connectivity index (χ3v) is 4.98. The highest BCUT2D eigenvalue weighted by atomic mass is 127. The van der Waals surface area contributed by atoms with Crippen molar-refractivity contribution in [3.05, 3.63) is 54.9 Å². The maximum absolute atomic E-state index is 5.21. The minimum atomic E-state index is 0. The van der Waals surface area contributed by atoms with Crippen molar-refractivity contribution in [1.82, 2.24) is 24.1 Å². The molecule has 0 amide bonds. The van der Waals surface area contributed by atoms with Crippen LogP contribution in [0.5, 0.6) is 5.75 Å². The number of aryl methyl sites for hydroxylation is 2. The van der Waals surface area contributed by atoms with Gasteiger partial charge in [0, 0.05) is 12.8 Å². The number of hydrogen-bond donors (Lipinski definition) is 0. The molecule has 0 spiro atoms. The van der Waals surface area contributed by atoms with Crippen LogP contribution in [0.15, 0.2) is 54.5 Å². The normalized spacial score (nSPS) is 10.8. The van der Waals surface area contributed by atoms with Gasteiger partial charge in [-0.1, -0.05) is 23.9 Å². The van der Waals surface area contributed by atoms with Crippen LogP contribution in [0.4, 0.5) is 0 Å². The number of ether oxygens (including phenoxy) is 1. The lowest BCUT2D eigenvalue weighted by atomic mass is 10.2. The van der Waals surface area contributed by atoms with Crippen LogP contribution in [-0.4, -0.2) is 31.2 Å². The first-order valence-electron chi connectivity index (χ1n) is 8.12. The van der Waals surface area contributed by atoms with Crippen molar-refractivity contribution in [2.45, 2.75) is 10.9 Å². The summed E-state index contributed by atoms with van der Waals surface area (Å²) in [6.07, 6.45) is 7.67. The van der Waals surface area contributed by atoms with Crippen LogP contribution in [0.1, 0.15) is 5.56 Å². The number of aromatic nitrogens is 6. The second-order valence-corrected chi connectivity index (χ2v) is 6.92. The zero-order valence-corrected chi connectivity index (χ0v) is 18.2. The highest BCUT2D eigenvalue weighted by Gasteiger charge is 2.18. The summed E-state index contributed by atoms with van der Waals surface area (Å²) in [5.74, 6) is 2.43. The van der Waals surface area contributed by atoms with Crippen molar-refractivity contribution < 1.29 is 33.3 Å².